The Bertz CT molecular complexity index is 1110. The fraction of sp³-hybridized carbons (Fsp3) is 0.462. The van der Waals surface area contributed by atoms with Gasteiger partial charge in [0, 0.05) is 31.2 Å². The zero-order chi connectivity index (χ0) is 29.5. The third-order valence-electron chi connectivity index (χ3n) is 6.13. The number of benzene rings is 1. The van der Waals surface area contributed by atoms with Crippen molar-refractivity contribution >= 4 is 29.6 Å². The minimum absolute atomic E-state index is 0.00211. The molecule has 0 spiro atoms. The van der Waals surface area contributed by atoms with Gasteiger partial charge >= 0.3 is 5.97 Å². The first-order valence-electron chi connectivity index (χ1n) is 13.0. The lowest BCUT2D eigenvalue weighted by molar-refractivity contribution is -0.142. The molecule has 1 heterocycles. The minimum atomic E-state index is -1.27. The molecular formula is C26H38N8O6. The van der Waals surface area contributed by atoms with Crippen molar-refractivity contribution in [3.05, 3.63) is 54.1 Å². The summed E-state index contributed by atoms with van der Waals surface area (Å²) in [5.41, 5.74) is 17.9. The van der Waals surface area contributed by atoms with Crippen molar-refractivity contribution in [1.29, 1.82) is 0 Å². The van der Waals surface area contributed by atoms with Crippen molar-refractivity contribution in [1.82, 2.24) is 25.9 Å². The summed E-state index contributed by atoms with van der Waals surface area (Å²) >= 11 is 0. The molecule has 218 valence electrons. The number of nitrogens with two attached hydrogens (primary N) is 3. The summed E-state index contributed by atoms with van der Waals surface area (Å²) in [7, 11) is 0. The molecule has 0 bridgehead atoms. The van der Waals surface area contributed by atoms with Crippen LogP contribution in [0.2, 0.25) is 0 Å². The van der Waals surface area contributed by atoms with Crippen molar-refractivity contribution < 1.29 is 29.1 Å². The van der Waals surface area contributed by atoms with Gasteiger partial charge in [-0.1, -0.05) is 30.3 Å². The molecule has 2 aromatic rings. The molecule has 0 radical (unpaired) electrons. The highest BCUT2D eigenvalue weighted by molar-refractivity contribution is 5.94. The van der Waals surface area contributed by atoms with Gasteiger partial charge in [0.05, 0.1) is 12.4 Å². The van der Waals surface area contributed by atoms with Gasteiger partial charge in [0.2, 0.25) is 23.6 Å². The molecule has 0 saturated heterocycles. The molecule has 1 aromatic carbocycles. The molecule has 0 aliphatic heterocycles. The van der Waals surface area contributed by atoms with E-state index in [-0.39, 0.29) is 32.1 Å². The van der Waals surface area contributed by atoms with Crippen molar-refractivity contribution in [2.45, 2.75) is 69.1 Å². The van der Waals surface area contributed by atoms with Crippen molar-refractivity contribution in [2.24, 2.45) is 17.2 Å². The highest BCUT2D eigenvalue weighted by atomic mass is 16.4. The van der Waals surface area contributed by atoms with Crippen LogP contribution in [0.5, 0.6) is 0 Å². The highest BCUT2D eigenvalue weighted by Crippen LogP contribution is 2.08. The molecule has 0 saturated carbocycles. The predicted octanol–water partition coefficient (Wildman–Crippen LogP) is -1.54. The number of unbranched alkanes of at least 4 members (excludes halogenated alkanes) is 1. The smallest absolute Gasteiger partial charge is 0.326 e. The molecule has 0 aliphatic carbocycles. The van der Waals surface area contributed by atoms with Crippen LogP contribution in [0, 0.1) is 0 Å². The van der Waals surface area contributed by atoms with Gasteiger partial charge < -0.3 is 43.2 Å². The number of hydrogen-bond donors (Lipinski definition) is 8. The number of rotatable bonds is 18. The number of nitrogens with zero attached hydrogens (tertiary/aromatic N) is 1. The second-order valence-electron chi connectivity index (χ2n) is 9.39. The molecule has 4 atom stereocenters. The van der Waals surface area contributed by atoms with Gasteiger partial charge in [0.15, 0.2) is 0 Å². The predicted molar refractivity (Wildman–Crippen MR) is 145 cm³/mol. The normalized spacial score (nSPS) is 13.8. The van der Waals surface area contributed by atoms with Gasteiger partial charge in [-0.2, -0.15) is 0 Å². The van der Waals surface area contributed by atoms with Crippen LogP contribution in [0.1, 0.15) is 43.4 Å². The Morgan fingerprint density at radius 2 is 1.52 bits per heavy atom. The maximum Gasteiger partial charge on any atom is 0.326 e. The Labute approximate surface area is 231 Å². The maximum atomic E-state index is 13.4. The summed E-state index contributed by atoms with van der Waals surface area (Å²) in [5, 5.41) is 17.4. The number of aliphatic carboxylic acids is 1. The fourth-order valence-corrected chi connectivity index (χ4v) is 3.89. The summed E-state index contributed by atoms with van der Waals surface area (Å²) in [4.78, 5) is 68.9. The lowest BCUT2D eigenvalue weighted by Gasteiger charge is -2.25. The summed E-state index contributed by atoms with van der Waals surface area (Å²) in [5.74, 6) is -3.88. The zero-order valence-electron chi connectivity index (χ0n) is 22.2. The first-order valence-corrected chi connectivity index (χ1v) is 13.0. The van der Waals surface area contributed by atoms with Gasteiger partial charge in [0.25, 0.3) is 0 Å². The monoisotopic (exact) mass is 558 g/mol. The molecule has 2 rings (SSSR count). The number of imidazole rings is 1. The van der Waals surface area contributed by atoms with E-state index in [9.17, 15) is 29.1 Å². The SMILES string of the molecule is NCCCCC(NC(=O)C(Cc1ccccc1)NC(=O)C(N)CCC(N)=O)C(=O)NC(Cc1cnc[nH]1)C(=O)O. The first-order chi connectivity index (χ1) is 19.1. The Balaban J connectivity index is 2.19. The van der Waals surface area contributed by atoms with E-state index in [1.165, 1.54) is 12.5 Å². The van der Waals surface area contributed by atoms with Gasteiger partial charge in [-0.05, 0) is 37.8 Å². The molecule has 4 unspecified atom stereocenters. The van der Waals surface area contributed by atoms with Gasteiger partial charge in [0.1, 0.15) is 18.1 Å². The van der Waals surface area contributed by atoms with E-state index in [1.807, 2.05) is 0 Å². The van der Waals surface area contributed by atoms with E-state index in [1.54, 1.807) is 30.3 Å². The molecule has 0 aliphatic rings. The standard InChI is InChI=1S/C26H38N8O6/c27-11-5-4-8-19(24(37)34-21(26(39)40)13-17-14-30-15-31-17)32-25(38)20(12-16-6-2-1-3-7-16)33-23(36)18(28)9-10-22(29)35/h1-3,6-7,14-15,18-21H,4-5,8-13,27-28H2,(H2,29,35)(H,30,31)(H,32,38)(H,33,36)(H,34,37)(H,39,40). The van der Waals surface area contributed by atoms with Crippen LogP contribution in [-0.4, -0.2) is 75.4 Å². The van der Waals surface area contributed by atoms with Crippen LogP contribution < -0.4 is 33.2 Å². The van der Waals surface area contributed by atoms with E-state index in [0.717, 1.165) is 5.56 Å². The number of nitrogens with one attached hydrogen (secondary N) is 4. The summed E-state index contributed by atoms with van der Waals surface area (Å²) in [6.45, 7) is 0.371. The molecule has 0 fully saturated rings. The van der Waals surface area contributed by atoms with Crippen LogP contribution in [0.25, 0.3) is 0 Å². The van der Waals surface area contributed by atoms with Crippen molar-refractivity contribution in [3.63, 3.8) is 0 Å². The van der Waals surface area contributed by atoms with E-state index in [2.05, 4.69) is 25.9 Å². The van der Waals surface area contributed by atoms with Crippen molar-refractivity contribution in [3.8, 4) is 0 Å². The van der Waals surface area contributed by atoms with Gasteiger partial charge in [-0.15, -0.1) is 0 Å². The average molecular weight is 559 g/mol. The molecule has 14 heteroatoms. The quantitative estimate of drug-likeness (QED) is 0.0985. The number of amides is 4. The lowest BCUT2D eigenvalue weighted by atomic mass is 10.0. The summed E-state index contributed by atoms with van der Waals surface area (Å²) in [6, 6.07) is 4.35. The zero-order valence-corrected chi connectivity index (χ0v) is 22.2. The number of carbonyl (C=O) groups is 5. The van der Waals surface area contributed by atoms with E-state index in [0.29, 0.717) is 25.1 Å². The van der Waals surface area contributed by atoms with Gasteiger partial charge in [-0.3, -0.25) is 19.2 Å². The number of carboxylic acids is 1. The second-order valence-corrected chi connectivity index (χ2v) is 9.39. The summed E-state index contributed by atoms with van der Waals surface area (Å²) in [6.07, 6.45) is 4.05. The number of carboxylic acid groups (broad SMARTS) is 1. The third-order valence-corrected chi connectivity index (χ3v) is 6.13. The fourth-order valence-electron chi connectivity index (χ4n) is 3.89. The molecule has 11 N–H and O–H groups in total. The lowest BCUT2D eigenvalue weighted by Crippen LogP contribution is -2.57. The Kier molecular flexibility index (Phi) is 13.3. The number of H-pyrrole nitrogens is 1. The molecule has 1 aromatic heterocycles. The third kappa shape index (κ3) is 11.2. The molecule has 14 nitrogen and oxygen atoms in total. The topological polar surface area (TPSA) is 248 Å². The number of aromatic nitrogens is 2. The average Bonchev–Trinajstić information content (AvgIpc) is 3.44. The Hall–Kier alpha value is -4.30. The van der Waals surface area contributed by atoms with E-state index >= 15 is 0 Å². The number of primary amides is 1. The molecule has 40 heavy (non-hydrogen) atoms. The van der Waals surface area contributed by atoms with Crippen LogP contribution in [-0.2, 0) is 36.8 Å². The number of aromatic amines is 1. The van der Waals surface area contributed by atoms with Crippen LogP contribution in [0.3, 0.4) is 0 Å². The summed E-state index contributed by atoms with van der Waals surface area (Å²) < 4.78 is 0. The maximum absolute atomic E-state index is 13.4. The second kappa shape index (κ2) is 16.6. The van der Waals surface area contributed by atoms with Crippen LogP contribution in [0.4, 0.5) is 0 Å². The highest BCUT2D eigenvalue weighted by Gasteiger charge is 2.30. The molecule has 4 amide bonds. The number of carbonyl (C=O) groups excluding carboxylic acids is 4. The Morgan fingerprint density at radius 1 is 0.875 bits per heavy atom. The van der Waals surface area contributed by atoms with Gasteiger partial charge in [-0.25, -0.2) is 9.78 Å². The van der Waals surface area contributed by atoms with Crippen LogP contribution >= 0.6 is 0 Å². The largest absolute Gasteiger partial charge is 0.480 e. The first kappa shape index (κ1) is 31.9. The van der Waals surface area contributed by atoms with E-state index in [4.69, 9.17) is 17.2 Å². The van der Waals surface area contributed by atoms with Crippen molar-refractivity contribution in [2.75, 3.05) is 6.54 Å². The van der Waals surface area contributed by atoms with E-state index < -0.39 is 53.8 Å². The number of hydrogen-bond acceptors (Lipinski definition) is 8. The Morgan fingerprint density at radius 3 is 2.12 bits per heavy atom. The minimum Gasteiger partial charge on any atom is -0.480 e. The van der Waals surface area contributed by atoms with Crippen LogP contribution in [0.15, 0.2) is 42.9 Å². The molecular weight excluding hydrogens is 520 g/mol.